The molecule has 1 heterocycles. The van der Waals surface area contributed by atoms with Crippen molar-refractivity contribution < 1.29 is 9.90 Å². The van der Waals surface area contributed by atoms with Crippen LogP contribution in [0, 0.1) is 12.8 Å². The molecule has 3 N–H and O–H groups in total. The van der Waals surface area contributed by atoms with E-state index in [0.29, 0.717) is 13.0 Å². The van der Waals surface area contributed by atoms with Gasteiger partial charge < -0.3 is 15.4 Å². The number of aromatic amines is 1. The molecule has 0 radical (unpaired) electrons. The highest BCUT2D eigenvalue weighted by Crippen LogP contribution is 1.99. The maximum atomic E-state index is 11.7. The minimum absolute atomic E-state index is 0.0994. The molecule has 1 unspecified atom stereocenters. The quantitative estimate of drug-likeness (QED) is 0.695. The van der Waals surface area contributed by atoms with E-state index < -0.39 is 0 Å². The van der Waals surface area contributed by atoms with Crippen LogP contribution in [-0.4, -0.2) is 29.1 Å². The van der Waals surface area contributed by atoms with Gasteiger partial charge in [0.15, 0.2) is 5.43 Å². The van der Waals surface area contributed by atoms with Crippen molar-refractivity contribution in [3.05, 3.63) is 33.7 Å². The van der Waals surface area contributed by atoms with Gasteiger partial charge in [-0.25, -0.2) is 0 Å². The predicted octanol–water partition coefficient (Wildman–Crippen LogP) is 0.432. The number of hydrogen-bond donors (Lipinski definition) is 3. The molecule has 1 amide bonds. The first-order valence-electron chi connectivity index (χ1n) is 5.63. The van der Waals surface area contributed by atoms with Crippen LogP contribution < -0.4 is 10.7 Å². The highest BCUT2D eigenvalue weighted by molar-refractivity contribution is 5.93. The Hall–Kier alpha value is -1.62. The standard InChI is InChI=1S/C12H18N2O3/c1-8(3-4-15)6-14-12(17)10-7-13-9(2)5-11(10)16/h5,7-8,15H,3-4,6H2,1-2H3,(H,13,16)(H,14,17). The Morgan fingerprint density at radius 1 is 1.59 bits per heavy atom. The maximum absolute atomic E-state index is 11.7. The van der Waals surface area contributed by atoms with Crippen molar-refractivity contribution in [3.8, 4) is 0 Å². The number of rotatable bonds is 5. The van der Waals surface area contributed by atoms with Gasteiger partial charge in [0.05, 0.1) is 0 Å². The molecule has 5 heteroatoms. The van der Waals surface area contributed by atoms with Crippen LogP contribution in [0.5, 0.6) is 0 Å². The van der Waals surface area contributed by atoms with Gasteiger partial charge in [0, 0.05) is 31.1 Å². The van der Waals surface area contributed by atoms with E-state index in [9.17, 15) is 9.59 Å². The number of aliphatic hydroxyl groups is 1. The van der Waals surface area contributed by atoms with Gasteiger partial charge in [0.25, 0.3) is 5.91 Å². The van der Waals surface area contributed by atoms with Crippen LogP contribution in [0.3, 0.4) is 0 Å². The van der Waals surface area contributed by atoms with Crippen molar-refractivity contribution in [1.82, 2.24) is 10.3 Å². The van der Waals surface area contributed by atoms with E-state index >= 15 is 0 Å². The van der Waals surface area contributed by atoms with Gasteiger partial charge in [-0.2, -0.15) is 0 Å². The van der Waals surface area contributed by atoms with Gasteiger partial charge in [-0.3, -0.25) is 9.59 Å². The summed E-state index contributed by atoms with van der Waals surface area (Å²) in [4.78, 5) is 26.1. The SMILES string of the molecule is Cc1cc(=O)c(C(=O)NCC(C)CCO)c[nH]1. The fraction of sp³-hybridized carbons (Fsp3) is 0.500. The summed E-state index contributed by atoms with van der Waals surface area (Å²) in [7, 11) is 0. The van der Waals surface area contributed by atoms with Crippen LogP contribution in [0.2, 0.25) is 0 Å². The number of H-pyrrole nitrogens is 1. The zero-order valence-electron chi connectivity index (χ0n) is 10.1. The summed E-state index contributed by atoms with van der Waals surface area (Å²) in [6, 6.07) is 1.39. The largest absolute Gasteiger partial charge is 0.396 e. The van der Waals surface area contributed by atoms with Crippen molar-refractivity contribution in [1.29, 1.82) is 0 Å². The van der Waals surface area contributed by atoms with Crippen LogP contribution in [-0.2, 0) is 0 Å². The second-order valence-electron chi connectivity index (χ2n) is 4.22. The van der Waals surface area contributed by atoms with E-state index in [0.717, 1.165) is 5.69 Å². The number of aromatic nitrogens is 1. The molecule has 1 atom stereocenters. The minimum atomic E-state index is -0.379. The molecule has 0 spiro atoms. The second-order valence-corrected chi connectivity index (χ2v) is 4.22. The predicted molar refractivity (Wildman–Crippen MR) is 65.0 cm³/mol. The van der Waals surface area contributed by atoms with Gasteiger partial charge in [0.1, 0.15) is 5.56 Å². The van der Waals surface area contributed by atoms with Gasteiger partial charge in [0.2, 0.25) is 0 Å². The van der Waals surface area contributed by atoms with Gasteiger partial charge in [-0.05, 0) is 19.3 Å². The lowest BCUT2D eigenvalue weighted by Gasteiger charge is -2.10. The zero-order valence-corrected chi connectivity index (χ0v) is 10.1. The lowest BCUT2D eigenvalue weighted by Crippen LogP contribution is -2.32. The number of amides is 1. The van der Waals surface area contributed by atoms with E-state index in [1.165, 1.54) is 12.3 Å². The molecule has 0 aliphatic heterocycles. The molecular weight excluding hydrogens is 220 g/mol. The molecule has 0 aliphatic rings. The first-order valence-corrected chi connectivity index (χ1v) is 5.63. The van der Waals surface area contributed by atoms with E-state index in [2.05, 4.69) is 10.3 Å². The first-order chi connectivity index (χ1) is 8.04. The monoisotopic (exact) mass is 238 g/mol. The average Bonchev–Trinajstić information content (AvgIpc) is 2.26. The molecule has 1 aromatic heterocycles. The molecule has 5 nitrogen and oxygen atoms in total. The summed E-state index contributed by atoms with van der Waals surface area (Å²) in [5, 5.41) is 11.4. The molecule has 0 saturated carbocycles. The maximum Gasteiger partial charge on any atom is 0.256 e. The molecule has 0 bridgehead atoms. The zero-order chi connectivity index (χ0) is 12.8. The Morgan fingerprint density at radius 2 is 2.29 bits per heavy atom. The van der Waals surface area contributed by atoms with Crippen LogP contribution >= 0.6 is 0 Å². The molecule has 17 heavy (non-hydrogen) atoms. The summed E-state index contributed by atoms with van der Waals surface area (Å²) in [6.45, 7) is 4.23. The summed E-state index contributed by atoms with van der Waals surface area (Å²) in [6.07, 6.45) is 2.05. The topological polar surface area (TPSA) is 82.2 Å². The summed E-state index contributed by atoms with van der Waals surface area (Å²) in [5.74, 6) is -0.190. The van der Waals surface area contributed by atoms with Crippen molar-refractivity contribution in [2.75, 3.05) is 13.2 Å². The van der Waals surface area contributed by atoms with Gasteiger partial charge in [-0.1, -0.05) is 6.92 Å². The summed E-state index contributed by atoms with van der Waals surface area (Å²) < 4.78 is 0. The number of pyridine rings is 1. The smallest absolute Gasteiger partial charge is 0.256 e. The average molecular weight is 238 g/mol. The van der Waals surface area contributed by atoms with Crippen LogP contribution in [0.4, 0.5) is 0 Å². The second kappa shape index (κ2) is 6.20. The first kappa shape index (κ1) is 13.4. The lowest BCUT2D eigenvalue weighted by molar-refractivity contribution is 0.0944. The van der Waals surface area contributed by atoms with Crippen molar-refractivity contribution in [2.45, 2.75) is 20.3 Å². The van der Waals surface area contributed by atoms with Crippen molar-refractivity contribution in [2.24, 2.45) is 5.92 Å². The van der Waals surface area contributed by atoms with Crippen molar-refractivity contribution in [3.63, 3.8) is 0 Å². The normalized spacial score (nSPS) is 12.2. The number of hydrogen-bond acceptors (Lipinski definition) is 3. The van der Waals surface area contributed by atoms with Gasteiger partial charge in [-0.15, -0.1) is 0 Å². The van der Waals surface area contributed by atoms with E-state index in [1.54, 1.807) is 6.92 Å². The summed E-state index contributed by atoms with van der Waals surface area (Å²) >= 11 is 0. The highest BCUT2D eigenvalue weighted by atomic mass is 16.3. The minimum Gasteiger partial charge on any atom is -0.396 e. The van der Waals surface area contributed by atoms with E-state index in [-0.39, 0.29) is 29.4 Å². The van der Waals surface area contributed by atoms with Crippen molar-refractivity contribution >= 4 is 5.91 Å². The number of carbonyl (C=O) groups is 1. The lowest BCUT2D eigenvalue weighted by atomic mass is 10.1. The fourth-order valence-corrected chi connectivity index (χ4v) is 1.44. The third-order valence-electron chi connectivity index (χ3n) is 2.53. The Bertz CT molecular complexity index is 440. The summed E-state index contributed by atoms with van der Waals surface area (Å²) in [5.41, 5.74) is 0.556. The number of nitrogens with one attached hydrogen (secondary N) is 2. The third kappa shape index (κ3) is 4.03. The van der Waals surface area contributed by atoms with E-state index in [1.807, 2.05) is 6.92 Å². The van der Waals surface area contributed by atoms with Crippen LogP contribution in [0.1, 0.15) is 29.4 Å². The number of aryl methyl sites for hydroxylation is 1. The molecule has 0 fully saturated rings. The molecule has 94 valence electrons. The van der Waals surface area contributed by atoms with Gasteiger partial charge >= 0.3 is 0 Å². The molecule has 0 aliphatic carbocycles. The molecule has 0 aromatic carbocycles. The van der Waals surface area contributed by atoms with E-state index in [4.69, 9.17) is 5.11 Å². The van der Waals surface area contributed by atoms with Crippen LogP contribution in [0.25, 0.3) is 0 Å². The molecule has 1 rings (SSSR count). The Labute approximate surface area is 99.9 Å². The Balaban J connectivity index is 2.61. The molecular formula is C12H18N2O3. The molecule has 1 aromatic rings. The number of aliphatic hydroxyl groups excluding tert-OH is 1. The third-order valence-corrected chi connectivity index (χ3v) is 2.53. The Morgan fingerprint density at radius 3 is 2.88 bits per heavy atom. The highest BCUT2D eigenvalue weighted by Gasteiger charge is 2.11. The fourth-order valence-electron chi connectivity index (χ4n) is 1.44. The Kier molecular flexibility index (Phi) is 4.90. The number of carbonyl (C=O) groups excluding carboxylic acids is 1. The van der Waals surface area contributed by atoms with Crippen LogP contribution in [0.15, 0.2) is 17.1 Å². The molecule has 0 saturated heterocycles.